The van der Waals surface area contributed by atoms with Gasteiger partial charge >= 0.3 is 0 Å². The quantitative estimate of drug-likeness (QED) is 0.513. The monoisotopic (exact) mass is 219 g/mol. The highest BCUT2D eigenvalue weighted by Crippen LogP contribution is 2.31. The minimum absolute atomic E-state index is 1.32. The van der Waals surface area contributed by atoms with Gasteiger partial charge in [-0.05, 0) is 13.8 Å². The number of fused-ring (bicyclic) bond motifs is 1. The molecule has 0 amide bonds. The SMILES string of the molecule is Cc1cc(C)cc(-c2cc[c-]3ccccc23)c1. The topological polar surface area (TPSA) is 0 Å². The Bertz CT molecular complexity index is 651. The van der Waals surface area contributed by atoms with E-state index in [-0.39, 0.29) is 0 Å². The molecule has 0 fully saturated rings. The molecule has 0 atom stereocenters. The van der Waals surface area contributed by atoms with Crippen molar-refractivity contribution in [2.24, 2.45) is 0 Å². The Balaban J connectivity index is 2.27. The highest BCUT2D eigenvalue weighted by Gasteiger charge is 1.99. The van der Waals surface area contributed by atoms with E-state index in [0.29, 0.717) is 0 Å². The van der Waals surface area contributed by atoms with Gasteiger partial charge in [0.1, 0.15) is 0 Å². The van der Waals surface area contributed by atoms with Gasteiger partial charge in [0.05, 0.1) is 0 Å². The summed E-state index contributed by atoms with van der Waals surface area (Å²) < 4.78 is 0. The lowest BCUT2D eigenvalue weighted by atomic mass is 10.0. The zero-order valence-corrected chi connectivity index (χ0v) is 10.2. The van der Waals surface area contributed by atoms with Gasteiger partial charge in [-0.3, -0.25) is 0 Å². The fourth-order valence-electron chi connectivity index (χ4n) is 2.53. The van der Waals surface area contributed by atoms with Gasteiger partial charge in [-0.25, -0.2) is 0 Å². The van der Waals surface area contributed by atoms with Gasteiger partial charge in [-0.15, -0.1) is 47.3 Å². The third-order valence-corrected chi connectivity index (χ3v) is 3.21. The third-order valence-electron chi connectivity index (χ3n) is 3.21. The van der Waals surface area contributed by atoms with Crippen molar-refractivity contribution in [2.75, 3.05) is 0 Å². The summed E-state index contributed by atoms with van der Waals surface area (Å²) in [6, 6.07) is 19.7. The molecule has 17 heavy (non-hydrogen) atoms. The number of hydrogen-bond acceptors (Lipinski definition) is 0. The van der Waals surface area contributed by atoms with Gasteiger partial charge in [0.2, 0.25) is 0 Å². The summed E-state index contributed by atoms with van der Waals surface area (Å²) in [7, 11) is 0. The van der Waals surface area contributed by atoms with Crippen molar-refractivity contribution in [1.29, 1.82) is 0 Å². The van der Waals surface area contributed by atoms with Crippen molar-refractivity contribution in [3.8, 4) is 11.1 Å². The second-order valence-corrected chi connectivity index (χ2v) is 4.71. The first kappa shape index (κ1) is 10.2. The molecule has 0 saturated carbocycles. The molecule has 0 spiro atoms. The maximum Gasteiger partial charge on any atom is -0.0398 e. The molecule has 0 aromatic heterocycles. The number of rotatable bonds is 1. The van der Waals surface area contributed by atoms with E-state index in [1.807, 2.05) is 0 Å². The molecule has 0 aliphatic carbocycles. The number of aryl methyl sites for hydroxylation is 2. The van der Waals surface area contributed by atoms with Crippen LogP contribution in [-0.4, -0.2) is 0 Å². The van der Waals surface area contributed by atoms with E-state index in [0.717, 1.165) is 0 Å². The lowest BCUT2D eigenvalue weighted by molar-refractivity contribution is 1.39. The average Bonchev–Trinajstić information content (AvgIpc) is 2.71. The average molecular weight is 219 g/mol. The number of hydrogen-bond donors (Lipinski definition) is 0. The molecule has 0 aliphatic rings. The van der Waals surface area contributed by atoms with Gasteiger partial charge in [-0.2, -0.15) is 0 Å². The van der Waals surface area contributed by atoms with E-state index < -0.39 is 0 Å². The van der Waals surface area contributed by atoms with Crippen LogP contribution in [0.15, 0.2) is 54.6 Å². The molecule has 3 rings (SSSR count). The van der Waals surface area contributed by atoms with E-state index in [1.165, 1.54) is 33.0 Å². The fraction of sp³-hybridized carbons (Fsp3) is 0.118. The molecule has 0 heterocycles. The summed E-state index contributed by atoms with van der Waals surface area (Å²) in [4.78, 5) is 0. The summed E-state index contributed by atoms with van der Waals surface area (Å²) in [6.45, 7) is 4.31. The lowest BCUT2D eigenvalue weighted by Gasteiger charge is -2.09. The van der Waals surface area contributed by atoms with Crippen molar-refractivity contribution in [3.63, 3.8) is 0 Å². The van der Waals surface area contributed by atoms with E-state index in [1.54, 1.807) is 0 Å². The molecule has 3 aromatic carbocycles. The molecule has 0 heteroatoms. The predicted molar refractivity (Wildman–Crippen MR) is 74.5 cm³/mol. The van der Waals surface area contributed by atoms with Crippen LogP contribution in [0, 0.1) is 13.8 Å². The summed E-state index contributed by atoms with van der Waals surface area (Å²) in [5.74, 6) is 0. The van der Waals surface area contributed by atoms with Crippen LogP contribution in [0.4, 0.5) is 0 Å². The van der Waals surface area contributed by atoms with Crippen LogP contribution in [-0.2, 0) is 0 Å². The highest BCUT2D eigenvalue weighted by molar-refractivity contribution is 5.98. The zero-order valence-electron chi connectivity index (χ0n) is 10.2. The van der Waals surface area contributed by atoms with Crippen LogP contribution < -0.4 is 0 Å². The van der Waals surface area contributed by atoms with Crippen LogP contribution in [0.2, 0.25) is 0 Å². The Labute approximate surface area is 102 Å². The van der Waals surface area contributed by atoms with Gasteiger partial charge in [-0.1, -0.05) is 40.3 Å². The van der Waals surface area contributed by atoms with E-state index in [4.69, 9.17) is 0 Å². The molecule has 0 N–H and O–H groups in total. The summed E-state index contributed by atoms with van der Waals surface area (Å²) in [6.07, 6.45) is 0. The molecule has 3 aromatic rings. The van der Waals surface area contributed by atoms with Crippen molar-refractivity contribution in [2.45, 2.75) is 13.8 Å². The summed E-state index contributed by atoms with van der Waals surface area (Å²) in [5.41, 5.74) is 5.31. The minimum Gasteiger partial charge on any atom is -0.144 e. The Morgan fingerprint density at radius 2 is 1.59 bits per heavy atom. The molecule has 0 radical (unpaired) electrons. The largest absolute Gasteiger partial charge is 0.144 e. The highest BCUT2D eigenvalue weighted by atomic mass is 14.1. The van der Waals surface area contributed by atoms with Crippen LogP contribution >= 0.6 is 0 Å². The standard InChI is InChI=1S/C17H15/c1-12-9-13(2)11-15(10-12)17-8-7-14-5-3-4-6-16(14)17/h3-11H,1-2H3/q-1. The molecule has 0 aliphatic heterocycles. The molecular weight excluding hydrogens is 204 g/mol. The smallest absolute Gasteiger partial charge is 0.0398 e. The van der Waals surface area contributed by atoms with Gasteiger partial charge in [0, 0.05) is 0 Å². The summed E-state index contributed by atoms with van der Waals surface area (Å²) >= 11 is 0. The van der Waals surface area contributed by atoms with Gasteiger partial charge < -0.3 is 0 Å². The Morgan fingerprint density at radius 3 is 2.35 bits per heavy atom. The van der Waals surface area contributed by atoms with Crippen molar-refractivity contribution < 1.29 is 0 Å². The van der Waals surface area contributed by atoms with Crippen LogP contribution in [0.3, 0.4) is 0 Å². The van der Waals surface area contributed by atoms with E-state index >= 15 is 0 Å². The first-order valence-electron chi connectivity index (χ1n) is 5.97. The molecule has 0 bridgehead atoms. The normalized spacial score (nSPS) is 10.9. The Morgan fingerprint density at radius 1 is 0.824 bits per heavy atom. The molecule has 84 valence electrons. The third kappa shape index (κ3) is 1.76. The summed E-state index contributed by atoms with van der Waals surface area (Å²) in [5, 5.41) is 2.67. The van der Waals surface area contributed by atoms with Crippen LogP contribution in [0.1, 0.15) is 11.1 Å². The van der Waals surface area contributed by atoms with Gasteiger partial charge in [0.15, 0.2) is 0 Å². The Hall–Kier alpha value is -1.95. The van der Waals surface area contributed by atoms with Gasteiger partial charge in [0.25, 0.3) is 0 Å². The van der Waals surface area contributed by atoms with Crippen LogP contribution in [0.25, 0.3) is 21.9 Å². The number of benzene rings is 2. The molecule has 0 saturated heterocycles. The molecule has 0 nitrogen and oxygen atoms in total. The second-order valence-electron chi connectivity index (χ2n) is 4.71. The van der Waals surface area contributed by atoms with Crippen LogP contribution in [0.5, 0.6) is 0 Å². The van der Waals surface area contributed by atoms with Crippen molar-refractivity contribution >= 4 is 10.8 Å². The second kappa shape index (κ2) is 3.81. The zero-order chi connectivity index (χ0) is 11.8. The first-order chi connectivity index (χ1) is 8.24. The van der Waals surface area contributed by atoms with E-state index in [2.05, 4.69) is 68.4 Å². The first-order valence-corrected chi connectivity index (χ1v) is 5.97. The Kier molecular flexibility index (Phi) is 2.29. The fourth-order valence-corrected chi connectivity index (χ4v) is 2.53. The molecule has 0 unspecified atom stereocenters. The lowest BCUT2D eigenvalue weighted by Crippen LogP contribution is -1.81. The molecular formula is C17H15-. The van der Waals surface area contributed by atoms with E-state index in [9.17, 15) is 0 Å². The van der Waals surface area contributed by atoms with Crippen molar-refractivity contribution in [3.05, 3.63) is 65.7 Å². The van der Waals surface area contributed by atoms with Crippen molar-refractivity contribution in [1.82, 2.24) is 0 Å². The maximum absolute atomic E-state index is 2.26. The minimum atomic E-state index is 1.32. The predicted octanol–water partition coefficient (Wildman–Crippen LogP) is 4.84. The maximum atomic E-state index is 2.26.